The molecule has 2 aromatic carbocycles. The molecule has 0 aliphatic carbocycles. The Kier molecular flexibility index (Phi) is 4.95. The third kappa shape index (κ3) is 3.97. The van der Waals surface area contributed by atoms with Crippen LogP contribution in [0.25, 0.3) is 0 Å². The lowest BCUT2D eigenvalue weighted by molar-refractivity contribution is 0.102. The molecule has 0 unspecified atom stereocenters. The lowest BCUT2D eigenvalue weighted by Gasteiger charge is -2.29. The van der Waals surface area contributed by atoms with Gasteiger partial charge in [-0.3, -0.25) is 14.7 Å². The van der Waals surface area contributed by atoms with Crippen LogP contribution in [0.3, 0.4) is 0 Å². The number of aromatic nitrogens is 1. The Labute approximate surface area is 163 Å². The minimum absolute atomic E-state index is 0.157. The number of benzene rings is 2. The minimum Gasteiger partial charge on any atom is -0.508 e. The molecule has 6 heteroatoms. The summed E-state index contributed by atoms with van der Waals surface area (Å²) in [7, 11) is 0. The number of phenolic OH excluding ortho intramolecular Hbond substituents is 2. The molecule has 6 nitrogen and oxygen atoms in total. The van der Waals surface area contributed by atoms with Gasteiger partial charge in [0.25, 0.3) is 5.91 Å². The molecule has 0 saturated heterocycles. The van der Waals surface area contributed by atoms with Crippen LogP contribution < -0.4 is 5.32 Å². The van der Waals surface area contributed by atoms with E-state index < -0.39 is 5.91 Å². The summed E-state index contributed by atoms with van der Waals surface area (Å²) >= 11 is 0. The lowest BCUT2D eigenvalue weighted by atomic mass is 9.99. The van der Waals surface area contributed by atoms with Crippen LogP contribution in [0, 0.1) is 0 Å². The van der Waals surface area contributed by atoms with Gasteiger partial charge in [-0.15, -0.1) is 0 Å². The highest BCUT2D eigenvalue weighted by Crippen LogP contribution is 2.27. The molecule has 0 fully saturated rings. The Hall–Kier alpha value is -3.38. The molecule has 0 spiro atoms. The zero-order chi connectivity index (χ0) is 19.5. The van der Waals surface area contributed by atoms with Crippen LogP contribution in [-0.2, 0) is 19.5 Å². The van der Waals surface area contributed by atoms with Crippen molar-refractivity contribution in [3.05, 3.63) is 83.2 Å². The molecular formula is C22H21N3O3. The van der Waals surface area contributed by atoms with Crippen LogP contribution in [0.5, 0.6) is 11.5 Å². The fraction of sp³-hybridized carbons (Fsp3) is 0.182. The molecule has 0 bridgehead atoms. The molecule has 3 aromatic rings. The summed E-state index contributed by atoms with van der Waals surface area (Å²) in [5.41, 5.74) is 4.31. The fourth-order valence-electron chi connectivity index (χ4n) is 3.56. The largest absolute Gasteiger partial charge is 0.508 e. The monoisotopic (exact) mass is 375 g/mol. The Bertz CT molecular complexity index is 985. The second kappa shape index (κ2) is 7.70. The summed E-state index contributed by atoms with van der Waals surface area (Å²) in [6, 6.07) is 14.2. The van der Waals surface area contributed by atoms with E-state index in [1.165, 1.54) is 23.8 Å². The zero-order valence-electron chi connectivity index (χ0n) is 15.3. The quantitative estimate of drug-likeness (QED) is 0.651. The molecule has 28 heavy (non-hydrogen) atoms. The highest BCUT2D eigenvalue weighted by molar-refractivity contribution is 6.05. The van der Waals surface area contributed by atoms with Crippen molar-refractivity contribution in [1.82, 2.24) is 9.88 Å². The molecule has 4 rings (SSSR count). The van der Waals surface area contributed by atoms with Gasteiger partial charge in [0.15, 0.2) is 0 Å². The van der Waals surface area contributed by atoms with Crippen LogP contribution in [-0.4, -0.2) is 32.5 Å². The van der Waals surface area contributed by atoms with E-state index in [0.29, 0.717) is 5.69 Å². The number of anilines is 1. The Morgan fingerprint density at radius 3 is 2.57 bits per heavy atom. The standard InChI is InChI=1S/C22H21N3O3/c26-18-8-16(9-19(27)10-18)22(28)24-21-12-23-11-17-14-25(7-6-20(17)21)13-15-4-2-1-3-5-15/h1-5,8-12,26-27H,6-7,13-14H2,(H,24,28). The van der Waals surface area contributed by atoms with Gasteiger partial charge in [-0.1, -0.05) is 30.3 Å². The van der Waals surface area contributed by atoms with E-state index in [4.69, 9.17) is 0 Å². The molecule has 1 aliphatic rings. The van der Waals surface area contributed by atoms with Crippen molar-refractivity contribution in [3.63, 3.8) is 0 Å². The Morgan fingerprint density at radius 1 is 1.07 bits per heavy atom. The van der Waals surface area contributed by atoms with E-state index in [-0.39, 0.29) is 17.1 Å². The van der Waals surface area contributed by atoms with Crippen molar-refractivity contribution >= 4 is 11.6 Å². The van der Waals surface area contributed by atoms with Gasteiger partial charge in [0.2, 0.25) is 0 Å². The summed E-state index contributed by atoms with van der Waals surface area (Å²) in [6.07, 6.45) is 4.31. The topological polar surface area (TPSA) is 85.7 Å². The third-order valence-electron chi connectivity index (χ3n) is 4.88. The van der Waals surface area contributed by atoms with Gasteiger partial charge < -0.3 is 15.5 Å². The van der Waals surface area contributed by atoms with Crippen LogP contribution in [0.2, 0.25) is 0 Å². The first kappa shape index (κ1) is 18.0. The normalized spacial score (nSPS) is 13.7. The first-order valence-corrected chi connectivity index (χ1v) is 9.15. The number of aromatic hydroxyl groups is 2. The molecule has 2 heterocycles. The first-order chi connectivity index (χ1) is 13.6. The number of carbonyl (C=O) groups is 1. The lowest BCUT2D eigenvalue weighted by Crippen LogP contribution is -2.31. The highest BCUT2D eigenvalue weighted by Gasteiger charge is 2.21. The van der Waals surface area contributed by atoms with Crippen molar-refractivity contribution < 1.29 is 15.0 Å². The predicted molar refractivity (Wildman–Crippen MR) is 106 cm³/mol. The van der Waals surface area contributed by atoms with E-state index in [9.17, 15) is 15.0 Å². The number of amides is 1. The smallest absolute Gasteiger partial charge is 0.255 e. The number of fused-ring (bicyclic) bond motifs is 1. The van der Waals surface area contributed by atoms with E-state index in [0.717, 1.165) is 37.2 Å². The zero-order valence-corrected chi connectivity index (χ0v) is 15.3. The average molecular weight is 375 g/mol. The predicted octanol–water partition coefficient (Wildman–Crippen LogP) is 3.30. The number of phenols is 2. The van der Waals surface area contributed by atoms with Crippen molar-refractivity contribution in [2.45, 2.75) is 19.5 Å². The van der Waals surface area contributed by atoms with Gasteiger partial charge in [0.1, 0.15) is 11.5 Å². The average Bonchev–Trinajstić information content (AvgIpc) is 2.68. The first-order valence-electron chi connectivity index (χ1n) is 9.15. The number of nitrogens with zero attached hydrogens (tertiary/aromatic N) is 2. The van der Waals surface area contributed by atoms with Crippen molar-refractivity contribution in [3.8, 4) is 11.5 Å². The summed E-state index contributed by atoms with van der Waals surface area (Å²) < 4.78 is 0. The SMILES string of the molecule is O=C(Nc1cncc2c1CCN(Cc1ccccc1)C2)c1cc(O)cc(O)c1. The number of nitrogens with one attached hydrogen (secondary N) is 1. The Morgan fingerprint density at radius 2 is 1.82 bits per heavy atom. The second-order valence-corrected chi connectivity index (χ2v) is 6.96. The van der Waals surface area contributed by atoms with Gasteiger partial charge in [-0.2, -0.15) is 0 Å². The Balaban J connectivity index is 1.50. The molecule has 1 aromatic heterocycles. The van der Waals surface area contributed by atoms with Crippen molar-refractivity contribution in [1.29, 1.82) is 0 Å². The van der Waals surface area contributed by atoms with Crippen LogP contribution in [0.1, 0.15) is 27.0 Å². The summed E-state index contributed by atoms with van der Waals surface area (Å²) in [5, 5.41) is 22.0. The van der Waals surface area contributed by atoms with E-state index in [2.05, 4.69) is 27.3 Å². The summed E-state index contributed by atoms with van der Waals surface area (Å²) in [6.45, 7) is 2.54. The van der Waals surface area contributed by atoms with Crippen molar-refractivity contribution in [2.24, 2.45) is 0 Å². The van der Waals surface area contributed by atoms with Gasteiger partial charge in [-0.25, -0.2) is 0 Å². The maximum Gasteiger partial charge on any atom is 0.255 e. The molecule has 0 radical (unpaired) electrons. The maximum atomic E-state index is 12.5. The van der Waals surface area contributed by atoms with Crippen LogP contribution in [0.15, 0.2) is 60.9 Å². The van der Waals surface area contributed by atoms with Gasteiger partial charge in [0, 0.05) is 37.5 Å². The molecule has 1 aliphatic heterocycles. The van der Waals surface area contributed by atoms with Gasteiger partial charge in [-0.05, 0) is 35.2 Å². The number of hydrogen-bond donors (Lipinski definition) is 3. The maximum absolute atomic E-state index is 12.5. The van der Waals surface area contributed by atoms with Gasteiger partial charge >= 0.3 is 0 Å². The van der Waals surface area contributed by atoms with Gasteiger partial charge in [0.05, 0.1) is 11.9 Å². The van der Waals surface area contributed by atoms with E-state index in [1.807, 2.05) is 24.4 Å². The number of pyridine rings is 1. The minimum atomic E-state index is -0.395. The summed E-state index contributed by atoms with van der Waals surface area (Å²) in [4.78, 5) is 19.2. The third-order valence-corrected chi connectivity index (χ3v) is 4.88. The van der Waals surface area contributed by atoms with E-state index >= 15 is 0 Å². The van der Waals surface area contributed by atoms with E-state index in [1.54, 1.807) is 6.20 Å². The van der Waals surface area contributed by atoms with Crippen LogP contribution >= 0.6 is 0 Å². The molecule has 3 N–H and O–H groups in total. The fourth-order valence-corrected chi connectivity index (χ4v) is 3.56. The number of carbonyl (C=O) groups excluding carboxylic acids is 1. The number of hydrogen-bond acceptors (Lipinski definition) is 5. The highest BCUT2D eigenvalue weighted by atomic mass is 16.3. The summed E-state index contributed by atoms with van der Waals surface area (Å²) in [5.74, 6) is -0.710. The van der Waals surface area contributed by atoms with Crippen LogP contribution in [0.4, 0.5) is 5.69 Å². The molecular weight excluding hydrogens is 354 g/mol. The van der Waals surface area contributed by atoms with Crippen molar-refractivity contribution in [2.75, 3.05) is 11.9 Å². The molecule has 142 valence electrons. The molecule has 1 amide bonds. The second-order valence-electron chi connectivity index (χ2n) is 6.96. The number of rotatable bonds is 4. The molecule has 0 atom stereocenters. The molecule has 0 saturated carbocycles.